The minimum atomic E-state index is -3.67. The van der Waals surface area contributed by atoms with Crippen LogP contribution in [0.15, 0.2) is 64.1 Å². The summed E-state index contributed by atoms with van der Waals surface area (Å²) in [5.74, 6) is 0.522. The van der Waals surface area contributed by atoms with Gasteiger partial charge in [0.1, 0.15) is 5.82 Å². The molecule has 35 heavy (non-hydrogen) atoms. The Morgan fingerprint density at radius 3 is 2.40 bits per heavy atom. The highest BCUT2D eigenvalue weighted by molar-refractivity contribution is 7.85. The van der Waals surface area contributed by atoms with Crippen molar-refractivity contribution in [2.45, 2.75) is 18.3 Å². The zero-order chi connectivity index (χ0) is 25.1. The van der Waals surface area contributed by atoms with Crippen molar-refractivity contribution < 1.29 is 26.6 Å². The molecule has 0 bridgehead atoms. The van der Waals surface area contributed by atoms with E-state index in [0.29, 0.717) is 50.0 Å². The number of aliphatic imine (C=N–C) groups is 1. The lowest BCUT2D eigenvalue weighted by molar-refractivity contribution is 0.0675. The molecule has 1 aromatic heterocycles. The molecule has 0 atom stereocenters. The smallest absolute Gasteiger partial charge is 0.261 e. The molecular weight excluding hydrogens is 475 g/mol. The predicted octanol–water partition coefficient (Wildman–Crippen LogP) is 3.34. The Balaban J connectivity index is 0.000000527. The van der Waals surface area contributed by atoms with E-state index in [1.54, 1.807) is 6.07 Å². The quantitative estimate of drug-likeness (QED) is 0.316. The number of rotatable bonds is 4. The average molecular weight is 503 g/mol. The van der Waals surface area contributed by atoms with Gasteiger partial charge in [-0.1, -0.05) is 47.6 Å². The molecule has 2 fully saturated rings. The van der Waals surface area contributed by atoms with E-state index in [1.165, 1.54) is 0 Å². The number of benzene rings is 2. The van der Waals surface area contributed by atoms with Crippen molar-refractivity contribution in [1.29, 1.82) is 0 Å². The third-order valence-electron chi connectivity index (χ3n) is 5.90. The summed E-state index contributed by atoms with van der Waals surface area (Å²) in [7, 11) is -3.67. The molecule has 11 heteroatoms. The van der Waals surface area contributed by atoms with E-state index in [9.17, 15) is 12.8 Å². The minimum absolute atomic E-state index is 0.233. The van der Waals surface area contributed by atoms with E-state index in [-0.39, 0.29) is 11.2 Å². The summed E-state index contributed by atoms with van der Waals surface area (Å²) < 4.78 is 51.5. The van der Waals surface area contributed by atoms with Crippen molar-refractivity contribution >= 4 is 22.0 Å². The maximum absolute atomic E-state index is 14.9. The summed E-state index contributed by atoms with van der Waals surface area (Å²) >= 11 is 0. The lowest BCUT2D eigenvalue weighted by atomic mass is 9.90. The van der Waals surface area contributed by atoms with Crippen LogP contribution in [0.2, 0.25) is 0 Å². The van der Waals surface area contributed by atoms with Crippen LogP contribution in [0.5, 0.6) is 0 Å². The minimum Gasteiger partial charge on any atom is -0.378 e. The van der Waals surface area contributed by atoms with E-state index in [0.717, 1.165) is 29.7 Å². The molecule has 1 saturated heterocycles. The zero-order valence-electron chi connectivity index (χ0n) is 19.2. The highest BCUT2D eigenvalue weighted by Gasteiger charge is 2.48. The number of aromatic nitrogens is 1. The fraction of sp³-hybridized carbons (Fsp3) is 0.333. The number of nitrogens with zero attached hydrogens (tertiary/aromatic N) is 3. The Morgan fingerprint density at radius 1 is 1.14 bits per heavy atom. The fourth-order valence-electron chi connectivity index (χ4n) is 4.00. The van der Waals surface area contributed by atoms with Crippen LogP contribution in [-0.2, 0) is 20.3 Å². The van der Waals surface area contributed by atoms with Gasteiger partial charge in [-0.15, -0.1) is 0 Å². The lowest BCUT2D eigenvalue weighted by Gasteiger charge is -2.27. The van der Waals surface area contributed by atoms with Gasteiger partial charge in [0.25, 0.3) is 16.0 Å². The van der Waals surface area contributed by atoms with Gasteiger partial charge in [-0.05, 0) is 30.0 Å². The molecule has 3 aromatic rings. The predicted molar refractivity (Wildman–Crippen MR) is 130 cm³/mol. The van der Waals surface area contributed by atoms with Gasteiger partial charge < -0.3 is 19.9 Å². The van der Waals surface area contributed by atoms with Gasteiger partial charge in [0.2, 0.25) is 0 Å². The van der Waals surface area contributed by atoms with Gasteiger partial charge in [0.15, 0.2) is 5.96 Å². The maximum Gasteiger partial charge on any atom is 0.261 e. The highest BCUT2D eigenvalue weighted by atomic mass is 32.2. The monoisotopic (exact) mass is 502 g/mol. The number of morpholine rings is 1. The summed E-state index contributed by atoms with van der Waals surface area (Å²) in [5, 5.41) is 4.23. The first kappa shape index (κ1) is 24.8. The van der Waals surface area contributed by atoms with Crippen LogP contribution in [0, 0.1) is 5.82 Å². The Kier molecular flexibility index (Phi) is 7.20. The Morgan fingerprint density at radius 2 is 1.80 bits per heavy atom. The first-order chi connectivity index (χ1) is 16.7. The molecule has 0 spiro atoms. The van der Waals surface area contributed by atoms with Gasteiger partial charge >= 0.3 is 0 Å². The molecule has 0 radical (unpaired) electrons. The number of hydrogen-bond acceptors (Lipinski definition) is 6. The molecule has 2 heterocycles. The van der Waals surface area contributed by atoms with E-state index < -0.39 is 10.1 Å². The fourth-order valence-corrected chi connectivity index (χ4v) is 4.00. The van der Waals surface area contributed by atoms with Gasteiger partial charge in [-0.3, -0.25) is 4.55 Å². The van der Waals surface area contributed by atoms with Crippen molar-refractivity contribution in [3.8, 4) is 11.1 Å². The largest absolute Gasteiger partial charge is 0.378 e. The molecular formula is C24H27FN4O5S. The van der Waals surface area contributed by atoms with Crippen molar-refractivity contribution in [2.24, 2.45) is 10.7 Å². The summed E-state index contributed by atoms with van der Waals surface area (Å²) in [6, 6.07) is 16.8. The molecule has 2 aliphatic rings. The van der Waals surface area contributed by atoms with Crippen LogP contribution in [0.3, 0.4) is 0 Å². The van der Waals surface area contributed by atoms with Crippen LogP contribution in [0.4, 0.5) is 10.3 Å². The first-order valence-electron chi connectivity index (χ1n) is 11.1. The number of hydrogen-bond donors (Lipinski definition) is 2. The van der Waals surface area contributed by atoms with Crippen molar-refractivity contribution in [2.75, 3.05) is 32.6 Å². The van der Waals surface area contributed by atoms with E-state index in [1.807, 2.05) is 53.4 Å². The molecule has 9 nitrogen and oxygen atoms in total. The number of nitrogens with two attached hydrogens (primary N) is 1. The van der Waals surface area contributed by atoms with E-state index in [4.69, 9.17) is 19.5 Å². The molecule has 0 unspecified atom stereocenters. The second-order valence-electron chi connectivity index (χ2n) is 8.50. The number of ether oxygens (including phenoxy) is 1. The Hall–Kier alpha value is -3.28. The van der Waals surface area contributed by atoms with Gasteiger partial charge in [0, 0.05) is 30.1 Å². The summed E-state index contributed by atoms with van der Waals surface area (Å²) in [5.41, 5.74) is 8.92. The third kappa shape index (κ3) is 6.24. The zero-order valence-corrected chi connectivity index (χ0v) is 20.0. The lowest BCUT2D eigenvalue weighted by Crippen LogP contribution is -2.44. The second kappa shape index (κ2) is 10.1. The Labute approximate surface area is 203 Å². The Bertz CT molecular complexity index is 1290. The van der Waals surface area contributed by atoms with Gasteiger partial charge in [-0.2, -0.15) is 13.4 Å². The summed E-state index contributed by atoms with van der Waals surface area (Å²) in [4.78, 5) is 6.33. The van der Waals surface area contributed by atoms with Crippen LogP contribution >= 0.6 is 0 Å². The molecule has 1 aliphatic heterocycles. The van der Waals surface area contributed by atoms with Crippen LogP contribution in [0.25, 0.3) is 11.1 Å². The summed E-state index contributed by atoms with van der Waals surface area (Å²) in [6.45, 7) is 2.66. The van der Waals surface area contributed by atoms with Crippen LogP contribution in [0.1, 0.15) is 24.1 Å². The number of halogens is 1. The number of guanidine groups is 1. The topological polar surface area (TPSA) is 131 Å². The van der Waals surface area contributed by atoms with Crippen LogP contribution in [-0.4, -0.2) is 61.5 Å². The van der Waals surface area contributed by atoms with Crippen molar-refractivity contribution in [3.63, 3.8) is 0 Å². The molecule has 1 saturated carbocycles. The van der Waals surface area contributed by atoms with E-state index >= 15 is 0 Å². The van der Waals surface area contributed by atoms with Crippen molar-refractivity contribution in [1.82, 2.24) is 10.1 Å². The molecule has 186 valence electrons. The molecule has 3 N–H and O–H groups in total. The third-order valence-corrected chi connectivity index (χ3v) is 5.90. The molecule has 2 aromatic carbocycles. The molecule has 0 amide bonds. The maximum atomic E-state index is 14.9. The van der Waals surface area contributed by atoms with Crippen molar-refractivity contribution in [3.05, 3.63) is 71.7 Å². The second-order valence-corrected chi connectivity index (χ2v) is 9.96. The van der Waals surface area contributed by atoms with E-state index in [2.05, 4.69) is 10.1 Å². The van der Waals surface area contributed by atoms with Gasteiger partial charge in [0.05, 0.1) is 25.2 Å². The standard InChI is InChI=1S/C23H23FN4O2.CH4O3S/c24-19-14-17(6-7-18(19)16-4-2-1-3-5-16)23(8-9-23)20-15-21(30-27-20)26-22(25)28-10-12-29-13-11-28;1-5(2,3)4/h1-7,14-15H,8-13H2,(H2,25,26);1H3,(H,2,3,4). The average Bonchev–Trinajstić information content (AvgIpc) is 3.51. The van der Waals surface area contributed by atoms with Gasteiger partial charge in [-0.25, -0.2) is 4.39 Å². The SMILES string of the molecule is CS(=O)(=O)O.NC(=Nc1cc(C2(c3ccc(-c4ccccc4)c(F)c3)CC2)no1)N1CCOCC1. The summed E-state index contributed by atoms with van der Waals surface area (Å²) in [6.07, 6.45) is 2.50. The normalized spacial score (nSPS) is 17.5. The molecule has 5 rings (SSSR count). The molecule has 1 aliphatic carbocycles. The van der Waals surface area contributed by atoms with Crippen LogP contribution < -0.4 is 5.73 Å². The first-order valence-corrected chi connectivity index (χ1v) is 12.9. The highest BCUT2D eigenvalue weighted by Crippen LogP contribution is 2.54.